The first kappa shape index (κ1) is 30.4. The molecule has 0 bridgehead atoms. The SMILES string of the molecule is CC[C@@H](COc1ccccc1-c1ccc(C(=O)N2CCC(N3C(=O)C(C)(C)OC4=C3C=C(Cl)CN4)CC2)c(F)c1)C(=O)O. The van der Waals surface area contributed by atoms with Crippen molar-refractivity contribution in [1.82, 2.24) is 15.1 Å². The number of dihydropyridines is 1. The molecule has 0 aliphatic carbocycles. The van der Waals surface area contributed by atoms with Gasteiger partial charge in [0.15, 0.2) is 5.60 Å². The summed E-state index contributed by atoms with van der Waals surface area (Å²) >= 11 is 6.27. The van der Waals surface area contributed by atoms with Crippen molar-refractivity contribution in [2.75, 3.05) is 26.2 Å². The normalized spacial score (nSPS) is 19.2. The Bertz CT molecular complexity index is 1500. The predicted octanol–water partition coefficient (Wildman–Crippen LogP) is 5.12. The largest absolute Gasteiger partial charge is 0.492 e. The molecule has 228 valence electrons. The van der Waals surface area contributed by atoms with Crippen LogP contribution in [0.3, 0.4) is 0 Å². The second-order valence-corrected chi connectivity index (χ2v) is 11.9. The van der Waals surface area contributed by atoms with E-state index in [9.17, 15) is 19.5 Å². The number of ether oxygens (including phenoxy) is 2. The topological polar surface area (TPSA) is 108 Å². The van der Waals surface area contributed by atoms with Crippen LogP contribution in [0.15, 0.2) is 65.2 Å². The molecule has 2 N–H and O–H groups in total. The number of benzene rings is 2. The van der Waals surface area contributed by atoms with Crippen LogP contribution in [0.5, 0.6) is 5.75 Å². The molecule has 0 radical (unpaired) electrons. The van der Waals surface area contributed by atoms with Gasteiger partial charge >= 0.3 is 5.97 Å². The Morgan fingerprint density at radius 3 is 2.60 bits per heavy atom. The second kappa shape index (κ2) is 12.3. The quantitative estimate of drug-likeness (QED) is 0.427. The second-order valence-electron chi connectivity index (χ2n) is 11.4. The molecule has 3 aliphatic heterocycles. The maximum absolute atomic E-state index is 15.4. The standard InChI is InChI=1S/C32H35ClFN3O6/c1-4-19(30(39)40)18-42-27-8-6-5-7-23(27)20-9-10-24(25(34)15-20)29(38)36-13-11-22(12-14-36)37-26-16-21(33)17-35-28(26)43-32(2,3)31(37)41/h5-10,15-16,19,22,35H,4,11-14,17-18H2,1-3H3,(H,39,40)/t19-/m0/s1. The average molecular weight is 612 g/mol. The fourth-order valence-electron chi connectivity index (χ4n) is 5.59. The molecule has 0 aromatic heterocycles. The monoisotopic (exact) mass is 611 g/mol. The van der Waals surface area contributed by atoms with Gasteiger partial charge in [-0.2, -0.15) is 0 Å². The van der Waals surface area contributed by atoms with E-state index < -0.39 is 29.2 Å². The number of aliphatic carboxylic acids is 1. The van der Waals surface area contributed by atoms with Crippen molar-refractivity contribution in [2.24, 2.45) is 5.92 Å². The van der Waals surface area contributed by atoms with Gasteiger partial charge in [0, 0.05) is 29.7 Å². The van der Waals surface area contributed by atoms with Gasteiger partial charge in [0.25, 0.3) is 11.8 Å². The van der Waals surface area contributed by atoms with E-state index in [1.165, 1.54) is 12.1 Å². The van der Waals surface area contributed by atoms with Crippen LogP contribution in [-0.4, -0.2) is 70.6 Å². The lowest BCUT2D eigenvalue weighted by molar-refractivity contribution is -0.156. The number of hydrogen-bond donors (Lipinski definition) is 2. The van der Waals surface area contributed by atoms with Crippen molar-refractivity contribution in [3.8, 4) is 16.9 Å². The summed E-state index contributed by atoms with van der Waals surface area (Å²) in [5, 5.41) is 13.0. The van der Waals surface area contributed by atoms with Crippen molar-refractivity contribution < 1.29 is 33.4 Å². The molecule has 11 heteroatoms. The molecule has 2 aromatic carbocycles. The van der Waals surface area contributed by atoms with Crippen molar-refractivity contribution in [3.63, 3.8) is 0 Å². The predicted molar refractivity (Wildman–Crippen MR) is 159 cm³/mol. The van der Waals surface area contributed by atoms with Crippen LogP contribution in [-0.2, 0) is 14.3 Å². The van der Waals surface area contributed by atoms with Crippen LogP contribution in [0.2, 0.25) is 0 Å². The molecule has 1 atom stereocenters. The number of carboxylic acid groups (broad SMARTS) is 1. The van der Waals surface area contributed by atoms with Gasteiger partial charge in [-0.25, -0.2) is 4.39 Å². The summed E-state index contributed by atoms with van der Waals surface area (Å²) in [5.41, 5.74) is 0.595. The van der Waals surface area contributed by atoms with E-state index in [1.54, 1.807) is 67.0 Å². The lowest BCUT2D eigenvalue weighted by atomic mass is 9.96. The Morgan fingerprint density at radius 1 is 1.21 bits per heavy atom. The Balaban J connectivity index is 1.28. The lowest BCUT2D eigenvalue weighted by Gasteiger charge is -2.46. The van der Waals surface area contributed by atoms with E-state index in [4.69, 9.17) is 21.1 Å². The number of nitrogens with one attached hydrogen (secondary N) is 1. The minimum atomic E-state index is -1.06. The fraction of sp³-hybridized carbons (Fsp3) is 0.406. The van der Waals surface area contributed by atoms with E-state index in [0.717, 1.165) is 0 Å². The van der Waals surface area contributed by atoms with Gasteiger partial charge in [0.05, 0.1) is 18.0 Å². The number of amides is 2. The van der Waals surface area contributed by atoms with Crippen molar-refractivity contribution in [2.45, 2.75) is 51.7 Å². The van der Waals surface area contributed by atoms with Crippen molar-refractivity contribution >= 4 is 29.4 Å². The molecule has 2 aromatic rings. The number of nitrogens with zero attached hydrogens (tertiary/aromatic N) is 2. The molecular weight excluding hydrogens is 577 g/mol. The summed E-state index contributed by atoms with van der Waals surface area (Å²) in [6, 6.07) is 11.3. The number of piperidine rings is 1. The maximum atomic E-state index is 15.4. The molecule has 3 aliphatic rings. The molecule has 0 unspecified atom stereocenters. The minimum Gasteiger partial charge on any atom is -0.492 e. The Labute approximate surface area is 254 Å². The van der Waals surface area contributed by atoms with Gasteiger partial charge in [0.2, 0.25) is 5.88 Å². The zero-order valence-electron chi connectivity index (χ0n) is 24.4. The van der Waals surface area contributed by atoms with Crippen LogP contribution in [0.25, 0.3) is 11.1 Å². The molecule has 0 spiro atoms. The highest BCUT2D eigenvalue weighted by molar-refractivity contribution is 6.30. The van der Waals surface area contributed by atoms with Crippen LogP contribution < -0.4 is 10.1 Å². The highest BCUT2D eigenvalue weighted by Gasteiger charge is 2.46. The molecular formula is C32H35ClFN3O6. The summed E-state index contributed by atoms with van der Waals surface area (Å²) in [4.78, 5) is 41.5. The molecule has 1 fully saturated rings. The van der Waals surface area contributed by atoms with E-state index in [-0.39, 0.29) is 24.1 Å². The number of likely N-dealkylation sites (tertiary alicyclic amines) is 1. The van der Waals surface area contributed by atoms with Gasteiger partial charge < -0.3 is 29.7 Å². The maximum Gasteiger partial charge on any atom is 0.309 e. The number of halogens is 2. The highest BCUT2D eigenvalue weighted by atomic mass is 35.5. The van der Waals surface area contributed by atoms with Crippen molar-refractivity contribution in [1.29, 1.82) is 0 Å². The Morgan fingerprint density at radius 2 is 1.93 bits per heavy atom. The number of carbonyl (C=O) groups excluding carboxylic acids is 2. The third-order valence-electron chi connectivity index (χ3n) is 8.09. The van der Waals surface area contributed by atoms with Gasteiger partial charge in [0.1, 0.15) is 23.9 Å². The van der Waals surface area contributed by atoms with Crippen LogP contribution >= 0.6 is 11.6 Å². The highest BCUT2D eigenvalue weighted by Crippen LogP contribution is 2.36. The number of para-hydroxylation sites is 1. The molecule has 5 rings (SSSR count). The van der Waals surface area contributed by atoms with Crippen LogP contribution in [0.4, 0.5) is 4.39 Å². The Kier molecular flexibility index (Phi) is 8.69. The summed E-state index contributed by atoms with van der Waals surface area (Å²) in [6.07, 6.45) is 3.18. The third kappa shape index (κ3) is 6.20. The smallest absolute Gasteiger partial charge is 0.309 e. The number of carboxylic acids is 1. The Hall–Kier alpha value is -4.05. The van der Waals surface area contributed by atoms with Crippen LogP contribution in [0, 0.1) is 11.7 Å². The fourth-order valence-corrected chi connectivity index (χ4v) is 5.76. The number of rotatable bonds is 8. The number of hydrogen-bond acceptors (Lipinski definition) is 6. The van der Waals surface area contributed by atoms with E-state index in [1.807, 2.05) is 0 Å². The molecule has 9 nitrogen and oxygen atoms in total. The summed E-state index contributed by atoms with van der Waals surface area (Å²) < 4.78 is 27.1. The van der Waals surface area contributed by atoms with E-state index in [2.05, 4.69) is 5.32 Å². The number of allylic oxidation sites excluding steroid dienone is 1. The molecule has 43 heavy (non-hydrogen) atoms. The van der Waals surface area contributed by atoms with Crippen LogP contribution in [0.1, 0.15) is 50.4 Å². The van der Waals surface area contributed by atoms with Crippen molar-refractivity contribution in [3.05, 3.63) is 76.5 Å². The molecule has 2 amide bonds. The molecule has 1 saturated heterocycles. The summed E-state index contributed by atoms with van der Waals surface area (Å²) in [6.45, 7) is 6.33. The van der Waals surface area contributed by atoms with Gasteiger partial charge in [-0.05, 0) is 62.9 Å². The molecule has 3 heterocycles. The number of carbonyl (C=O) groups is 3. The zero-order valence-corrected chi connectivity index (χ0v) is 25.1. The van der Waals surface area contributed by atoms with Gasteiger partial charge in [-0.15, -0.1) is 0 Å². The first-order valence-corrected chi connectivity index (χ1v) is 14.8. The minimum absolute atomic E-state index is 0.0101. The lowest BCUT2D eigenvalue weighted by Crippen LogP contribution is -2.58. The summed E-state index contributed by atoms with van der Waals surface area (Å²) in [7, 11) is 0. The first-order chi connectivity index (χ1) is 20.5. The third-order valence-corrected chi connectivity index (χ3v) is 8.33. The van der Waals surface area contributed by atoms with E-state index in [0.29, 0.717) is 72.4 Å². The molecule has 0 saturated carbocycles. The van der Waals surface area contributed by atoms with Gasteiger partial charge in [-0.1, -0.05) is 42.8 Å². The zero-order chi connectivity index (χ0) is 30.9. The average Bonchev–Trinajstić information content (AvgIpc) is 2.98. The first-order valence-electron chi connectivity index (χ1n) is 14.4. The summed E-state index contributed by atoms with van der Waals surface area (Å²) in [5.74, 6) is -1.92. The van der Waals surface area contributed by atoms with E-state index >= 15 is 4.39 Å². The van der Waals surface area contributed by atoms with Gasteiger partial charge in [-0.3, -0.25) is 14.4 Å².